The lowest BCUT2D eigenvalue weighted by Crippen LogP contribution is -2.00. The molecule has 0 amide bonds. The fraction of sp³-hybridized carbons (Fsp3) is 0.152. The molecule has 0 aromatic heterocycles. The van der Waals surface area contributed by atoms with E-state index >= 15 is 0 Å². The lowest BCUT2D eigenvalue weighted by Gasteiger charge is -2.17. The van der Waals surface area contributed by atoms with E-state index < -0.39 is 0 Å². The Morgan fingerprint density at radius 2 is 1.68 bits per heavy atom. The molecule has 4 aromatic carbocycles. The summed E-state index contributed by atoms with van der Waals surface area (Å²) in [6.45, 7) is 4.38. The highest BCUT2D eigenvalue weighted by molar-refractivity contribution is 5.99. The first-order chi connectivity index (χ1) is 16.6. The van der Waals surface area contributed by atoms with Gasteiger partial charge in [0.1, 0.15) is 0 Å². The summed E-state index contributed by atoms with van der Waals surface area (Å²) in [6, 6.07) is 30.8. The summed E-state index contributed by atoms with van der Waals surface area (Å²) in [5.41, 5.74) is 17.7. The van der Waals surface area contributed by atoms with Gasteiger partial charge in [-0.25, -0.2) is 0 Å². The van der Waals surface area contributed by atoms with E-state index in [0.717, 1.165) is 30.5 Å². The molecule has 0 atom stereocenters. The fourth-order valence-electron chi connectivity index (χ4n) is 4.99. The number of nitrogens with two attached hydrogens (primary N) is 1. The van der Waals surface area contributed by atoms with Gasteiger partial charge in [-0.2, -0.15) is 0 Å². The third-order valence-corrected chi connectivity index (χ3v) is 6.70. The second kappa shape index (κ2) is 9.57. The maximum Gasteiger partial charge on any atom is 0.0205 e. The molecule has 1 aliphatic carbocycles. The average Bonchev–Trinajstić information content (AvgIpc) is 3.24. The number of fused-ring (bicyclic) bond motifs is 1. The van der Waals surface area contributed by atoms with E-state index in [-0.39, 0.29) is 0 Å². The molecule has 0 radical (unpaired) electrons. The van der Waals surface area contributed by atoms with E-state index in [1.165, 1.54) is 49.7 Å². The number of allylic oxidation sites excluding steroid dienone is 5. The van der Waals surface area contributed by atoms with Crippen LogP contribution in [-0.4, -0.2) is 0 Å². The Balaban J connectivity index is 1.67. The number of aryl methyl sites for hydroxylation is 1. The molecule has 0 fully saturated rings. The number of hydrogen-bond donors (Lipinski definition) is 1. The predicted molar refractivity (Wildman–Crippen MR) is 147 cm³/mol. The van der Waals surface area contributed by atoms with Gasteiger partial charge < -0.3 is 5.73 Å². The van der Waals surface area contributed by atoms with Crippen LogP contribution in [0.15, 0.2) is 114 Å². The molecule has 1 nitrogen and oxygen atoms in total. The quantitative estimate of drug-likeness (QED) is 0.319. The Kier molecular flexibility index (Phi) is 6.18. The molecule has 0 bridgehead atoms. The van der Waals surface area contributed by atoms with Gasteiger partial charge in [-0.1, -0.05) is 104 Å². The van der Waals surface area contributed by atoms with Crippen LogP contribution in [0.3, 0.4) is 0 Å². The van der Waals surface area contributed by atoms with E-state index in [1.54, 1.807) is 0 Å². The SMILES string of the molecule is CC/C=C\C1=CC(c2ccc(-c3c(C)ccc4ccccc34)c(Cc3ccccc3)c2)=C(N)C1. The third kappa shape index (κ3) is 4.34. The molecule has 0 heterocycles. The second-order valence-electron chi connectivity index (χ2n) is 9.16. The van der Waals surface area contributed by atoms with Gasteiger partial charge in [-0.05, 0) is 75.6 Å². The van der Waals surface area contributed by atoms with Crippen LogP contribution in [0.1, 0.15) is 42.0 Å². The van der Waals surface area contributed by atoms with Crippen LogP contribution < -0.4 is 5.73 Å². The van der Waals surface area contributed by atoms with Crippen molar-refractivity contribution in [2.24, 2.45) is 5.73 Å². The number of benzene rings is 4. The number of hydrogen-bond acceptors (Lipinski definition) is 1. The maximum absolute atomic E-state index is 6.52. The highest BCUT2D eigenvalue weighted by Gasteiger charge is 2.17. The minimum absolute atomic E-state index is 0.823. The van der Waals surface area contributed by atoms with Gasteiger partial charge in [-0.3, -0.25) is 0 Å². The van der Waals surface area contributed by atoms with Gasteiger partial charge in [-0.15, -0.1) is 0 Å². The van der Waals surface area contributed by atoms with Gasteiger partial charge in [0.05, 0.1) is 0 Å². The third-order valence-electron chi connectivity index (χ3n) is 6.70. The van der Waals surface area contributed by atoms with Gasteiger partial charge in [0.25, 0.3) is 0 Å². The highest BCUT2D eigenvalue weighted by atomic mass is 14.6. The lowest BCUT2D eigenvalue weighted by molar-refractivity contribution is 1.14. The monoisotopic (exact) mass is 441 g/mol. The van der Waals surface area contributed by atoms with Gasteiger partial charge in [0.15, 0.2) is 0 Å². The van der Waals surface area contributed by atoms with Crippen LogP contribution >= 0.6 is 0 Å². The van der Waals surface area contributed by atoms with Crippen LogP contribution in [0, 0.1) is 6.92 Å². The topological polar surface area (TPSA) is 26.0 Å². The Hall–Kier alpha value is -3.84. The van der Waals surface area contributed by atoms with Gasteiger partial charge in [0, 0.05) is 17.7 Å². The first-order valence-electron chi connectivity index (χ1n) is 12.2. The van der Waals surface area contributed by atoms with Gasteiger partial charge >= 0.3 is 0 Å². The minimum Gasteiger partial charge on any atom is -0.401 e. The standard InChI is InChI=1S/C33H31N/c1-3-4-10-25-20-31(32(34)21-25)27-17-18-30(28(22-27)19-24-11-6-5-7-12-24)33-23(2)15-16-26-13-8-9-14-29(26)33/h4-18,20,22H,3,19,21,34H2,1-2H3/b10-4-. The van der Waals surface area contributed by atoms with Crippen molar-refractivity contribution in [3.8, 4) is 11.1 Å². The molecule has 1 aliphatic rings. The van der Waals surface area contributed by atoms with E-state index in [4.69, 9.17) is 5.73 Å². The van der Waals surface area contributed by atoms with Crippen LogP contribution in [-0.2, 0) is 6.42 Å². The highest BCUT2D eigenvalue weighted by Crippen LogP contribution is 2.38. The van der Waals surface area contributed by atoms with Crippen LogP contribution in [0.25, 0.3) is 27.5 Å². The minimum atomic E-state index is 0.823. The fourth-order valence-corrected chi connectivity index (χ4v) is 4.99. The molecular formula is C33H31N. The zero-order valence-electron chi connectivity index (χ0n) is 20.0. The molecule has 34 heavy (non-hydrogen) atoms. The van der Waals surface area contributed by atoms with Crippen LogP contribution in [0.5, 0.6) is 0 Å². The predicted octanol–water partition coefficient (Wildman–Crippen LogP) is 8.37. The van der Waals surface area contributed by atoms with Crippen molar-refractivity contribution in [3.05, 3.63) is 137 Å². The van der Waals surface area contributed by atoms with Crippen molar-refractivity contribution >= 4 is 16.3 Å². The average molecular weight is 442 g/mol. The van der Waals surface area contributed by atoms with E-state index in [1.807, 2.05) is 0 Å². The summed E-state index contributed by atoms with van der Waals surface area (Å²) in [4.78, 5) is 0. The summed E-state index contributed by atoms with van der Waals surface area (Å²) in [5.74, 6) is 0. The van der Waals surface area contributed by atoms with Crippen LogP contribution in [0.2, 0.25) is 0 Å². The molecule has 0 aliphatic heterocycles. The Bertz CT molecular complexity index is 1430. The molecule has 168 valence electrons. The maximum atomic E-state index is 6.52. The summed E-state index contributed by atoms with van der Waals surface area (Å²) >= 11 is 0. The number of rotatable bonds is 6. The van der Waals surface area contributed by atoms with Crippen molar-refractivity contribution in [1.29, 1.82) is 0 Å². The first kappa shape index (κ1) is 22.0. The van der Waals surface area contributed by atoms with E-state index in [0.29, 0.717) is 0 Å². The molecule has 0 spiro atoms. The molecule has 0 unspecified atom stereocenters. The largest absolute Gasteiger partial charge is 0.401 e. The Morgan fingerprint density at radius 3 is 2.50 bits per heavy atom. The Morgan fingerprint density at radius 1 is 0.882 bits per heavy atom. The van der Waals surface area contributed by atoms with Gasteiger partial charge in [0.2, 0.25) is 0 Å². The summed E-state index contributed by atoms with van der Waals surface area (Å²) in [7, 11) is 0. The molecule has 4 aromatic rings. The van der Waals surface area contributed by atoms with Crippen molar-refractivity contribution in [1.82, 2.24) is 0 Å². The molecular weight excluding hydrogens is 410 g/mol. The summed E-state index contributed by atoms with van der Waals surface area (Å²) < 4.78 is 0. The van der Waals surface area contributed by atoms with Crippen LogP contribution in [0.4, 0.5) is 0 Å². The molecule has 0 saturated carbocycles. The molecule has 0 saturated heterocycles. The van der Waals surface area contributed by atoms with Crippen molar-refractivity contribution in [2.75, 3.05) is 0 Å². The molecule has 2 N–H and O–H groups in total. The van der Waals surface area contributed by atoms with Crippen molar-refractivity contribution in [3.63, 3.8) is 0 Å². The van der Waals surface area contributed by atoms with Crippen molar-refractivity contribution < 1.29 is 0 Å². The summed E-state index contributed by atoms with van der Waals surface area (Å²) in [6.07, 6.45) is 9.41. The first-order valence-corrected chi connectivity index (χ1v) is 12.2. The Labute approximate surface area is 203 Å². The van der Waals surface area contributed by atoms with Crippen molar-refractivity contribution in [2.45, 2.75) is 33.1 Å². The van der Waals surface area contributed by atoms with E-state index in [9.17, 15) is 0 Å². The zero-order chi connectivity index (χ0) is 23.5. The molecule has 1 heteroatoms. The zero-order valence-corrected chi connectivity index (χ0v) is 20.0. The smallest absolute Gasteiger partial charge is 0.0205 e. The normalized spacial score (nSPS) is 13.8. The molecule has 5 rings (SSSR count). The second-order valence-corrected chi connectivity index (χ2v) is 9.16. The lowest BCUT2D eigenvalue weighted by atomic mass is 9.87. The van der Waals surface area contributed by atoms with E-state index in [2.05, 4.69) is 117 Å². The summed E-state index contributed by atoms with van der Waals surface area (Å²) in [5, 5.41) is 2.58.